The predicted octanol–water partition coefficient (Wildman–Crippen LogP) is 1.78. The monoisotopic (exact) mass is 250 g/mol. The molecule has 1 aromatic carbocycles. The number of nitrogens with one attached hydrogen (secondary N) is 1. The molecule has 3 nitrogen and oxygen atoms in total. The fourth-order valence-electron chi connectivity index (χ4n) is 1.77. The van der Waals surface area contributed by atoms with Crippen LogP contribution in [0.15, 0.2) is 30.3 Å². The van der Waals surface area contributed by atoms with E-state index in [1.165, 1.54) is 0 Å². The third kappa shape index (κ3) is 3.58. The number of hydrogen-bond acceptors (Lipinski definition) is 2. The van der Waals surface area contributed by atoms with E-state index < -0.39 is 0 Å². The Labute approximate surface area is 106 Å². The van der Waals surface area contributed by atoms with Crippen molar-refractivity contribution < 1.29 is 4.79 Å². The molecule has 0 atom stereocenters. The molecular weight excluding hydrogens is 236 g/mol. The summed E-state index contributed by atoms with van der Waals surface area (Å²) in [4.78, 5) is 13.7. The summed E-state index contributed by atoms with van der Waals surface area (Å²) in [5, 5.41) is 3.90. The van der Waals surface area contributed by atoms with Crippen LogP contribution >= 0.6 is 11.6 Å². The number of piperazine rings is 1. The van der Waals surface area contributed by atoms with E-state index in [-0.39, 0.29) is 5.91 Å². The van der Waals surface area contributed by atoms with E-state index in [4.69, 9.17) is 11.6 Å². The summed E-state index contributed by atoms with van der Waals surface area (Å²) in [6, 6.07) is 7.45. The van der Waals surface area contributed by atoms with Gasteiger partial charge in [-0.3, -0.25) is 4.79 Å². The van der Waals surface area contributed by atoms with Crippen molar-refractivity contribution in [2.45, 2.75) is 0 Å². The lowest BCUT2D eigenvalue weighted by Gasteiger charge is -2.26. The van der Waals surface area contributed by atoms with Crippen molar-refractivity contribution in [2.24, 2.45) is 0 Å². The van der Waals surface area contributed by atoms with Crippen molar-refractivity contribution in [1.82, 2.24) is 10.2 Å². The first-order chi connectivity index (χ1) is 8.25. The molecule has 1 aromatic rings. The average molecular weight is 251 g/mol. The van der Waals surface area contributed by atoms with Crippen LogP contribution in [0.3, 0.4) is 0 Å². The van der Waals surface area contributed by atoms with Crippen molar-refractivity contribution in [1.29, 1.82) is 0 Å². The molecule has 90 valence electrons. The lowest BCUT2D eigenvalue weighted by Crippen LogP contribution is -2.45. The quantitative estimate of drug-likeness (QED) is 0.812. The van der Waals surface area contributed by atoms with Gasteiger partial charge < -0.3 is 10.2 Å². The number of halogens is 1. The van der Waals surface area contributed by atoms with E-state index in [2.05, 4.69) is 5.32 Å². The highest BCUT2D eigenvalue weighted by molar-refractivity contribution is 6.30. The summed E-state index contributed by atoms with van der Waals surface area (Å²) in [6.45, 7) is 3.30. The third-order valence-electron chi connectivity index (χ3n) is 2.70. The van der Waals surface area contributed by atoms with E-state index in [9.17, 15) is 4.79 Å². The summed E-state index contributed by atoms with van der Waals surface area (Å²) in [6.07, 6.45) is 3.41. The van der Waals surface area contributed by atoms with Crippen molar-refractivity contribution in [3.63, 3.8) is 0 Å². The number of benzene rings is 1. The molecule has 1 aliphatic heterocycles. The summed E-state index contributed by atoms with van der Waals surface area (Å²) < 4.78 is 0. The molecule has 0 aliphatic carbocycles. The van der Waals surface area contributed by atoms with Gasteiger partial charge >= 0.3 is 0 Å². The van der Waals surface area contributed by atoms with Crippen molar-refractivity contribution in [3.8, 4) is 0 Å². The third-order valence-corrected chi connectivity index (χ3v) is 2.93. The Morgan fingerprint density at radius 1 is 1.35 bits per heavy atom. The number of hydrogen-bond donors (Lipinski definition) is 1. The molecule has 0 radical (unpaired) electrons. The maximum absolute atomic E-state index is 11.8. The molecule has 1 saturated heterocycles. The molecule has 0 bridgehead atoms. The van der Waals surface area contributed by atoms with Gasteiger partial charge in [0.25, 0.3) is 0 Å². The minimum absolute atomic E-state index is 0.0616. The number of nitrogens with zero attached hydrogens (tertiary/aromatic N) is 1. The van der Waals surface area contributed by atoms with Gasteiger partial charge in [0.2, 0.25) is 5.91 Å². The van der Waals surface area contributed by atoms with Crippen LogP contribution in [0.2, 0.25) is 5.02 Å². The molecule has 1 aliphatic rings. The highest BCUT2D eigenvalue weighted by Gasteiger charge is 2.12. The van der Waals surface area contributed by atoms with E-state index >= 15 is 0 Å². The van der Waals surface area contributed by atoms with Crippen LogP contribution in [-0.2, 0) is 4.79 Å². The maximum atomic E-state index is 11.8. The van der Waals surface area contributed by atoms with Crippen LogP contribution in [0.5, 0.6) is 0 Å². The maximum Gasteiger partial charge on any atom is 0.246 e. The van der Waals surface area contributed by atoms with Crippen molar-refractivity contribution in [2.75, 3.05) is 26.2 Å². The Morgan fingerprint density at radius 2 is 2.12 bits per heavy atom. The highest BCUT2D eigenvalue weighted by atomic mass is 35.5. The van der Waals surface area contributed by atoms with Crippen LogP contribution < -0.4 is 5.32 Å². The first kappa shape index (κ1) is 12.1. The standard InChI is InChI=1S/C13H15ClN2O/c14-12-3-1-2-11(10-12)4-5-13(17)16-8-6-15-7-9-16/h1-5,10,15H,6-9H2. The Kier molecular flexibility index (Phi) is 4.18. The molecule has 0 spiro atoms. The van der Waals surface area contributed by atoms with Gasteiger partial charge in [-0.1, -0.05) is 23.7 Å². The fourth-order valence-corrected chi connectivity index (χ4v) is 1.97. The Morgan fingerprint density at radius 3 is 2.82 bits per heavy atom. The number of rotatable bonds is 2. The van der Waals surface area contributed by atoms with Gasteiger partial charge in [0.15, 0.2) is 0 Å². The first-order valence-electron chi connectivity index (χ1n) is 5.69. The average Bonchev–Trinajstić information content (AvgIpc) is 2.37. The predicted molar refractivity (Wildman–Crippen MR) is 69.9 cm³/mol. The molecule has 0 aromatic heterocycles. The van der Waals surface area contributed by atoms with Crippen molar-refractivity contribution in [3.05, 3.63) is 40.9 Å². The van der Waals surface area contributed by atoms with E-state index in [0.29, 0.717) is 5.02 Å². The Bertz CT molecular complexity index is 425. The van der Waals surface area contributed by atoms with Crippen LogP contribution in [0.1, 0.15) is 5.56 Å². The van der Waals surface area contributed by atoms with Gasteiger partial charge in [0.1, 0.15) is 0 Å². The highest BCUT2D eigenvalue weighted by Crippen LogP contribution is 2.12. The number of amides is 1. The second-order valence-electron chi connectivity index (χ2n) is 3.96. The molecule has 4 heteroatoms. The molecule has 0 saturated carbocycles. The summed E-state index contributed by atoms with van der Waals surface area (Å²) in [5.74, 6) is 0.0616. The zero-order valence-electron chi connectivity index (χ0n) is 9.53. The lowest BCUT2D eigenvalue weighted by atomic mass is 10.2. The molecule has 2 rings (SSSR count). The summed E-state index contributed by atoms with van der Waals surface area (Å²) >= 11 is 5.87. The Hall–Kier alpha value is -1.32. The van der Waals surface area contributed by atoms with E-state index in [1.54, 1.807) is 12.2 Å². The molecule has 17 heavy (non-hydrogen) atoms. The fraction of sp³-hybridized carbons (Fsp3) is 0.308. The second-order valence-corrected chi connectivity index (χ2v) is 4.40. The molecule has 1 heterocycles. The molecule has 1 N–H and O–H groups in total. The largest absolute Gasteiger partial charge is 0.337 e. The first-order valence-corrected chi connectivity index (χ1v) is 6.07. The van der Waals surface area contributed by atoms with Gasteiger partial charge in [0.05, 0.1) is 0 Å². The molecular formula is C13H15ClN2O. The van der Waals surface area contributed by atoms with Crippen LogP contribution in [0, 0.1) is 0 Å². The number of carbonyl (C=O) groups is 1. The second kappa shape index (κ2) is 5.84. The van der Waals surface area contributed by atoms with Crippen LogP contribution in [0.4, 0.5) is 0 Å². The molecule has 0 unspecified atom stereocenters. The molecule has 1 fully saturated rings. The minimum Gasteiger partial charge on any atom is -0.337 e. The summed E-state index contributed by atoms with van der Waals surface area (Å²) in [5.41, 5.74) is 0.945. The van der Waals surface area contributed by atoms with Crippen LogP contribution in [0.25, 0.3) is 6.08 Å². The lowest BCUT2D eigenvalue weighted by molar-refractivity contribution is -0.126. The normalized spacial score (nSPS) is 16.4. The smallest absolute Gasteiger partial charge is 0.246 e. The van der Waals surface area contributed by atoms with E-state index in [1.807, 2.05) is 29.2 Å². The Balaban J connectivity index is 1.97. The van der Waals surface area contributed by atoms with Gasteiger partial charge in [-0.15, -0.1) is 0 Å². The van der Waals surface area contributed by atoms with Gasteiger partial charge in [0, 0.05) is 37.3 Å². The van der Waals surface area contributed by atoms with Crippen LogP contribution in [-0.4, -0.2) is 37.0 Å². The van der Waals surface area contributed by atoms with Gasteiger partial charge in [-0.25, -0.2) is 0 Å². The summed E-state index contributed by atoms with van der Waals surface area (Å²) in [7, 11) is 0. The topological polar surface area (TPSA) is 32.3 Å². The zero-order valence-corrected chi connectivity index (χ0v) is 10.3. The van der Waals surface area contributed by atoms with E-state index in [0.717, 1.165) is 31.7 Å². The van der Waals surface area contributed by atoms with Crippen molar-refractivity contribution >= 4 is 23.6 Å². The van der Waals surface area contributed by atoms with Gasteiger partial charge in [-0.05, 0) is 23.8 Å². The SMILES string of the molecule is O=C(C=Cc1cccc(Cl)c1)N1CCNCC1. The zero-order chi connectivity index (χ0) is 12.1. The number of carbonyl (C=O) groups excluding carboxylic acids is 1. The molecule has 1 amide bonds. The van der Waals surface area contributed by atoms with Gasteiger partial charge in [-0.2, -0.15) is 0 Å². The minimum atomic E-state index is 0.0616.